The molecule has 0 aliphatic heterocycles. The zero-order chi connectivity index (χ0) is 17.1. The van der Waals surface area contributed by atoms with Gasteiger partial charge in [0.2, 0.25) is 0 Å². The molecule has 3 aromatic rings. The second-order valence-electron chi connectivity index (χ2n) is 5.01. The van der Waals surface area contributed by atoms with Crippen LogP contribution in [0.4, 0.5) is 5.69 Å². The minimum absolute atomic E-state index is 0.200. The summed E-state index contributed by atoms with van der Waals surface area (Å²) in [7, 11) is 3.58. The minimum Gasteiger partial charge on any atom is -0.313 e. The molecule has 0 fully saturated rings. The van der Waals surface area contributed by atoms with Gasteiger partial charge in [-0.1, -0.05) is 47.6 Å². The third-order valence-corrected chi connectivity index (χ3v) is 5.75. The number of para-hydroxylation sites is 1. The molecule has 5 nitrogen and oxygen atoms in total. The Kier molecular flexibility index (Phi) is 5.23. The van der Waals surface area contributed by atoms with Gasteiger partial charge in [0.1, 0.15) is 0 Å². The Hall–Kier alpha value is -1.83. The Morgan fingerprint density at radius 2 is 2.00 bits per heavy atom. The third-order valence-electron chi connectivity index (χ3n) is 3.45. The van der Waals surface area contributed by atoms with Crippen molar-refractivity contribution in [2.45, 2.75) is 9.87 Å². The van der Waals surface area contributed by atoms with Crippen LogP contribution in [0.3, 0.4) is 0 Å². The number of benzene rings is 1. The monoisotopic (exact) mass is 378 g/mol. The van der Waals surface area contributed by atoms with Crippen molar-refractivity contribution in [2.24, 2.45) is 7.05 Å². The van der Waals surface area contributed by atoms with E-state index >= 15 is 0 Å². The second-order valence-corrected chi connectivity index (χ2v) is 7.72. The first kappa shape index (κ1) is 17.0. The zero-order valence-electron chi connectivity index (χ0n) is 13.1. The average Bonchev–Trinajstić information content (AvgIpc) is 3.25. The molecule has 0 aliphatic rings. The lowest BCUT2D eigenvalue weighted by Gasteiger charge is -2.19. The topological polar surface area (TPSA) is 51.0 Å². The van der Waals surface area contributed by atoms with Crippen molar-refractivity contribution >= 4 is 46.3 Å². The number of anilines is 1. The Morgan fingerprint density at radius 1 is 1.25 bits per heavy atom. The van der Waals surface area contributed by atoms with Crippen molar-refractivity contribution in [1.29, 1.82) is 0 Å². The molecule has 1 aromatic carbocycles. The van der Waals surface area contributed by atoms with Crippen LogP contribution in [0, 0.1) is 0 Å². The summed E-state index contributed by atoms with van der Waals surface area (Å²) in [4.78, 5) is 15.1. The van der Waals surface area contributed by atoms with Crippen LogP contribution < -0.4 is 4.90 Å². The fourth-order valence-corrected chi connectivity index (χ4v) is 4.02. The van der Waals surface area contributed by atoms with Gasteiger partial charge in [-0.2, -0.15) is 0 Å². The van der Waals surface area contributed by atoms with Crippen molar-refractivity contribution in [3.05, 3.63) is 47.8 Å². The van der Waals surface area contributed by atoms with Crippen LogP contribution in [-0.4, -0.2) is 32.4 Å². The molecule has 0 saturated heterocycles. The molecule has 3 rings (SSSR count). The van der Waals surface area contributed by atoms with Crippen LogP contribution in [0.1, 0.15) is 0 Å². The quantitative estimate of drug-likeness (QED) is 0.499. The maximum Gasteiger partial charge on any atom is 0.255 e. The predicted octanol–water partition coefficient (Wildman–Crippen LogP) is 3.86. The van der Waals surface area contributed by atoms with Gasteiger partial charge < -0.3 is 9.47 Å². The first-order valence-corrected chi connectivity index (χ1v) is 9.34. The lowest BCUT2D eigenvalue weighted by atomic mass is 10.3. The molecule has 24 heavy (non-hydrogen) atoms. The van der Waals surface area contributed by atoms with Crippen LogP contribution >= 0.6 is 34.7 Å². The summed E-state index contributed by atoms with van der Waals surface area (Å²) in [5.41, 5.74) is 0.797. The molecule has 0 spiro atoms. The smallest absolute Gasteiger partial charge is 0.255 e. The van der Waals surface area contributed by atoms with Crippen LogP contribution in [0.5, 0.6) is 0 Å². The van der Waals surface area contributed by atoms with Gasteiger partial charge in [0.25, 0.3) is 5.91 Å². The number of carbonyl (C=O) groups excluding carboxylic acids is 1. The number of hydrogen-bond acceptors (Lipinski definition) is 5. The van der Waals surface area contributed by atoms with Gasteiger partial charge in [0.15, 0.2) is 15.7 Å². The molecule has 2 aromatic heterocycles. The fourth-order valence-electron chi connectivity index (χ4n) is 2.11. The van der Waals surface area contributed by atoms with E-state index in [1.54, 1.807) is 23.3 Å². The van der Waals surface area contributed by atoms with Crippen LogP contribution in [-0.2, 0) is 11.8 Å². The second kappa shape index (κ2) is 7.38. The summed E-state index contributed by atoms with van der Waals surface area (Å²) in [6.45, 7) is 0. The van der Waals surface area contributed by atoms with Crippen LogP contribution in [0.2, 0.25) is 0 Å². The van der Waals surface area contributed by atoms with Crippen molar-refractivity contribution in [3.63, 3.8) is 0 Å². The SMILES string of the molecule is CN(C(=O)C(Cl)Sc1nnc(-c2cccs2)n1C)c1ccccc1. The summed E-state index contributed by atoms with van der Waals surface area (Å²) in [5, 5.41) is 10.9. The van der Waals surface area contributed by atoms with E-state index in [4.69, 9.17) is 11.6 Å². The molecule has 8 heteroatoms. The lowest BCUT2D eigenvalue weighted by Crippen LogP contribution is -2.32. The molecule has 0 N–H and O–H groups in total. The molecule has 0 aliphatic carbocycles. The molecule has 2 heterocycles. The number of hydrogen-bond donors (Lipinski definition) is 0. The number of aromatic nitrogens is 3. The summed E-state index contributed by atoms with van der Waals surface area (Å²) < 4.78 is 1.07. The maximum absolute atomic E-state index is 12.5. The van der Waals surface area contributed by atoms with E-state index in [9.17, 15) is 4.79 Å². The summed E-state index contributed by atoms with van der Waals surface area (Å²) in [5.74, 6) is 0.564. The molecule has 0 bridgehead atoms. The molecule has 0 radical (unpaired) electrons. The van der Waals surface area contributed by atoms with E-state index in [1.165, 1.54) is 11.8 Å². The zero-order valence-corrected chi connectivity index (χ0v) is 15.5. The maximum atomic E-state index is 12.5. The Morgan fingerprint density at radius 3 is 2.67 bits per heavy atom. The van der Waals surface area contributed by atoms with E-state index in [-0.39, 0.29) is 5.91 Å². The first-order chi connectivity index (χ1) is 11.6. The summed E-state index contributed by atoms with van der Waals surface area (Å²) >= 11 is 9.09. The van der Waals surface area contributed by atoms with E-state index < -0.39 is 4.71 Å². The normalized spacial score (nSPS) is 12.1. The fraction of sp³-hybridized carbons (Fsp3) is 0.188. The van der Waals surface area contributed by atoms with Gasteiger partial charge in [0.05, 0.1) is 4.88 Å². The highest BCUT2D eigenvalue weighted by atomic mass is 35.5. The summed E-state index contributed by atoms with van der Waals surface area (Å²) in [6, 6.07) is 13.3. The molecule has 0 saturated carbocycles. The van der Waals surface area contributed by atoms with Gasteiger partial charge in [-0.15, -0.1) is 21.5 Å². The van der Waals surface area contributed by atoms with Crippen molar-refractivity contribution in [1.82, 2.24) is 14.8 Å². The number of nitrogens with zero attached hydrogens (tertiary/aromatic N) is 4. The molecular formula is C16H15ClN4OS2. The van der Waals surface area contributed by atoms with Crippen LogP contribution in [0.15, 0.2) is 53.0 Å². The number of halogens is 1. The van der Waals surface area contributed by atoms with Crippen LogP contribution in [0.25, 0.3) is 10.7 Å². The summed E-state index contributed by atoms with van der Waals surface area (Å²) in [6.07, 6.45) is 0. The number of thioether (sulfide) groups is 1. The minimum atomic E-state index is -0.783. The van der Waals surface area contributed by atoms with Gasteiger partial charge in [0, 0.05) is 19.8 Å². The average molecular weight is 379 g/mol. The Labute approximate surface area is 153 Å². The number of thiophene rings is 1. The highest BCUT2D eigenvalue weighted by molar-refractivity contribution is 8.01. The number of amides is 1. The van der Waals surface area contributed by atoms with E-state index in [0.29, 0.717) is 5.16 Å². The van der Waals surface area contributed by atoms with Crippen molar-refractivity contribution in [3.8, 4) is 10.7 Å². The third kappa shape index (κ3) is 3.48. The van der Waals surface area contributed by atoms with Gasteiger partial charge in [-0.05, 0) is 23.6 Å². The van der Waals surface area contributed by atoms with Gasteiger partial charge >= 0.3 is 0 Å². The lowest BCUT2D eigenvalue weighted by molar-refractivity contribution is -0.116. The predicted molar refractivity (Wildman–Crippen MR) is 99.7 cm³/mol. The number of carbonyl (C=O) groups is 1. The number of alkyl halides is 1. The molecule has 124 valence electrons. The molecule has 1 amide bonds. The van der Waals surface area contributed by atoms with Crippen molar-refractivity contribution in [2.75, 3.05) is 11.9 Å². The highest BCUT2D eigenvalue weighted by Crippen LogP contribution is 2.30. The van der Waals surface area contributed by atoms with Gasteiger partial charge in [-0.25, -0.2) is 0 Å². The highest BCUT2D eigenvalue weighted by Gasteiger charge is 2.24. The molecule has 1 unspecified atom stereocenters. The molecular weight excluding hydrogens is 364 g/mol. The first-order valence-electron chi connectivity index (χ1n) is 7.14. The van der Waals surface area contributed by atoms with Crippen molar-refractivity contribution < 1.29 is 4.79 Å². The largest absolute Gasteiger partial charge is 0.313 e. The Bertz CT molecular complexity index is 820. The van der Waals surface area contributed by atoms with E-state index in [2.05, 4.69) is 10.2 Å². The number of rotatable bonds is 5. The molecule has 1 atom stereocenters. The standard InChI is InChI=1S/C16H15ClN4OS2/c1-20(11-7-4-3-5-8-11)15(22)13(17)24-16-19-18-14(21(16)2)12-9-6-10-23-12/h3-10,13H,1-2H3. The van der Waals surface area contributed by atoms with Gasteiger partial charge in [-0.3, -0.25) is 4.79 Å². The Balaban J connectivity index is 1.73. The van der Waals surface area contributed by atoms with E-state index in [0.717, 1.165) is 16.4 Å². The van der Waals surface area contributed by atoms with E-state index in [1.807, 2.05) is 59.5 Å².